The molecule has 4 rings (SSSR count). The van der Waals surface area contributed by atoms with Crippen molar-refractivity contribution < 1.29 is 9.47 Å². The van der Waals surface area contributed by atoms with E-state index in [2.05, 4.69) is 20.9 Å². The summed E-state index contributed by atoms with van der Waals surface area (Å²) in [5.41, 5.74) is 10.3. The Balaban J connectivity index is 1.59. The number of anilines is 2. The summed E-state index contributed by atoms with van der Waals surface area (Å²) in [6.45, 7) is 2.07. The molecule has 2 heterocycles. The van der Waals surface area contributed by atoms with Gasteiger partial charge in [-0.3, -0.25) is 0 Å². The number of hydrogen-bond donors (Lipinski definition) is 2. The summed E-state index contributed by atoms with van der Waals surface area (Å²) < 4.78 is 12.8. The zero-order valence-corrected chi connectivity index (χ0v) is 18.4. The van der Waals surface area contributed by atoms with E-state index in [0.29, 0.717) is 24.8 Å². The van der Waals surface area contributed by atoms with E-state index in [4.69, 9.17) is 25.2 Å². The number of benzene rings is 2. The zero-order chi connectivity index (χ0) is 22.3. The van der Waals surface area contributed by atoms with Crippen LogP contribution in [0.3, 0.4) is 0 Å². The van der Waals surface area contributed by atoms with E-state index in [1.54, 1.807) is 20.4 Å². The van der Waals surface area contributed by atoms with Crippen LogP contribution in [0.15, 0.2) is 54.7 Å². The van der Waals surface area contributed by atoms with Gasteiger partial charge in [-0.1, -0.05) is 30.3 Å². The molecule has 0 amide bonds. The molecule has 0 saturated carbocycles. The summed E-state index contributed by atoms with van der Waals surface area (Å²) >= 11 is 0. The van der Waals surface area contributed by atoms with E-state index in [1.807, 2.05) is 42.5 Å². The van der Waals surface area contributed by atoms with Crippen molar-refractivity contribution in [3.05, 3.63) is 60.3 Å². The highest BCUT2D eigenvalue weighted by Gasteiger charge is 2.15. The summed E-state index contributed by atoms with van der Waals surface area (Å²) in [7, 11) is 3.39. The molecule has 0 aliphatic heterocycles. The summed E-state index contributed by atoms with van der Waals surface area (Å²) in [5, 5.41) is 3.33. The first kappa shape index (κ1) is 21.6. The lowest BCUT2D eigenvalue weighted by molar-refractivity contribution is 0.191. The third kappa shape index (κ3) is 4.81. The van der Waals surface area contributed by atoms with Gasteiger partial charge >= 0.3 is 0 Å². The van der Waals surface area contributed by atoms with E-state index in [0.717, 1.165) is 53.3 Å². The smallest absolute Gasteiger partial charge is 0.224 e. The van der Waals surface area contributed by atoms with Gasteiger partial charge in [0.05, 0.1) is 13.3 Å². The van der Waals surface area contributed by atoms with Crippen molar-refractivity contribution >= 4 is 22.8 Å². The maximum absolute atomic E-state index is 6.01. The predicted octanol–water partition coefficient (Wildman–Crippen LogP) is 3.78. The van der Waals surface area contributed by atoms with Gasteiger partial charge in [0, 0.05) is 38.1 Å². The average molecular weight is 433 g/mol. The molecule has 0 bridgehead atoms. The maximum Gasteiger partial charge on any atom is 0.224 e. The molecule has 8 nitrogen and oxygen atoms in total. The van der Waals surface area contributed by atoms with Crippen LogP contribution in [0.2, 0.25) is 0 Å². The largest absolute Gasteiger partial charge is 0.496 e. The van der Waals surface area contributed by atoms with Crippen molar-refractivity contribution in [2.24, 2.45) is 0 Å². The van der Waals surface area contributed by atoms with Crippen molar-refractivity contribution in [2.75, 3.05) is 38.4 Å². The number of fused-ring (bicyclic) bond motifs is 1. The van der Waals surface area contributed by atoms with Gasteiger partial charge in [0.1, 0.15) is 17.1 Å². The lowest BCUT2D eigenvalue weighted by Gasteiger charge is -2.10. The fourth-order valence-electron chi connectivity index (χ4n) is 3.70. The van der Waals surface area contributed by atoms with Gasteiger partial charge < -0.3 is 25.1 Å². The molecular formula is C24H28N6O2. The minimum Gasteiger partial charge on any atom is -0.496 e. The Morgan fingerprint density at radius 2 is 1.94 bits per heavy atom. The number of nitrogens with two attached hydrogens (primary N) is 1. The SMILES string of the molecule is COCCCn1c(-c2cccc(N)c2)nc2cnc(NCCc3ccccc3OC)nc21. The number of nitrogens with one attached hydrogen (secondary N) is 1. The average Bonchev–Trinajstić information content (AvgIpc) is 3.17. The molecule has 0 fully saturated rings. The van der Waals surface area contributed by atoms with Crippen molar-refractivity contribution in [2.45, 2.75) is 19.4 Å². The van der Waals surface area contributed by atoms with E-state index < -0.39 is 0 Å². The monoisotopic (exact) mass is 432 g/mol. The molecule has 4 aromatic rings. The first-order chi connectivity index (χ1) is 15.7. The number of hydrogen-bond acceptors (Lipinski definition) is 7. The molecule has 8 heteroatoms. The number of imidazole rings is 1. The van der Waals surface area contributed by atoms with Crippen molar-refractivity contribution in [1.29, 1.82) is 0 Å². The van der Waals surface area contributed by atoms with Gasteiger partial charge in [-0.2, -0.15) is 4.98 Å². The second-order valence-corrected chi connectivity index (χ2v) is 7.45. The van der Waals surface area contributed by atoms with E-state index in [1.165, 1.54) is 0 Å². The highest BCUT2D eigenvalue weighted by atomic mass is 16.5. The molecule has 0 aliphatic rings. The van der Waals surface area contributed by atoms with Crippen molar-refractivity contribution in [3.63, 3.8) is 0 Å². The fraction of sp³-hybridized carbons (Fsp3) is 0.292. The summed E-state index contributed by atoms with van der Waals surface area (Å²) in [6.07, 6.45) is 3.40. The zero-order valence-electron chi connectivity index (χ0n) is 18.4. The van der Waals surface area contributed by atoms with Crippen LogP contribution in [-0.2, 0) is 17.7 Å². The van der Waals surface area contributed by atoms with Crippen LogP contribution in [0, 0.1) is 0 Å². The second kappa shape index (κ2) is 10.1. The molecule has 0 unspecified atom stereocenters. The number of para-hydroxylation sites is 1. The van der Waals surface area contributed by atoms with Crippen LogP contribution in [0.5, 0.6) is 5.75 Å². The molecule has 2 aromatic heterocycles. The Hall–Kier alpha value is -3.65. The minimum atomic E-state index is 0.569. The topological polar surface area (TPSA) is 100 Å². The van der Waals surface area contributed by atoms with Crippen molar-refractivity contribution in [1.82, 2.24) is 19.5 Å². The Bertz CT molecular complexity index is 1190. The van der Waals surface area contributed by atoms with Crippen LogP contribution in [0.4, 0.5) is 11.6 Å². The van der Waals surface area contributed by atoms with Crippen LogP contribution in [0.25, 0.3) is 22.6 Å². The quantitative estimate of drug-likeness (QED) is 0.291. The molecule has 32 heavy (non-hydrogen) atoms. The first-order valence-corrected chi connectivity index (χ1v) is 10.6. The number of rotatable bonds is 10. The molecule has 0 radical (unpaired) electrons. The first-order valence-electron chi connectivity index (χ1n) is 10.6. The van der Waals surface area contributed by atoms with E-state index in [-0.39, 0.29) is 0 Å². The van der Waals surface area contributed by atoms with Gasteiger partial charge in [0.25, 0.3) is 0 Å². The molecule has 166 valence electrons. The number of aryl methyl sites for hydroxylation is 1. The molecule has 0 saturated heterocycles. The van der Waals surface area contributed by atoms with Gasteiger partial charge in [-0.05, 0) is 36.6 Å². The molecule has 2 aromatic carbocycles. The fourth-order valence-corrected chi connectivity index (χ4v) is 3.70. The van der Waals surface area contributed by atoms with Gasteiger partial charge in [-0.15, -0.1) is 0 Å². The van der Waals surface area contributed by atoms with Crippen LogP contribution >= 0.6 is 0 Å². The summed E-state index contributed by atoms with van der Waals surface area (Å²) in [5.74, 6) is 2.27. The number of ether oxygens (including phenoxy) is 2. The van der Waals surface area contributed by atoms with Gasteiger partial charge in [0.15, 0.2) is 5.65 Å². The molecule has 0 spiro atoms. The highest BCUT2D eigenvalue weighted by Crippen LogP contribution is 2.26. The Kier molecular flexibility index (Phi) is 6.81. The van der Waals surface area contributed by atoms with Crippen LogP contribution in [-0.4, -0.2) is 46.9 Å². The highest BCUT2D eigenvalue weighted by molar-refractivity contribution is 5.78. The number of aromatic nitrogens is 4. The lowest BCUT2D eigenvalue weighted by atomic mass is 10.1. The molecule has 3 N–H and O–H groups in total. The van der Waals surface area contributed by atoms with Crippen LogP contribution < -0.4 is 15.8 Å². The van der Waals surface area contributed by atoms with E-state index >= 15 is 0 Å². The lowest BCUT2D eigenvalue weighted by Crippen LogP contribution is -2.10. The second-order valence-electron chi connectivity index (χ2n) is 7.45. The predicted molar refractivity (Wildman–Crippen MR) is 127 cm³/mol. The van der Waals surface area contributed by atoms with Gasteiger partial charge in [-0.25, -0.2) is 9.97 Å². The maximum atomic E-state index is 6.01. The van der Waals surface area contributed by atoms with Crippen molar-refractivity contribution in [3.8, 4) is 17.1 Å². The number of methoxy groups -OCH3 is 2. The third-order valence-electron chi connectivity index (χ3n) is 5.23. The summed E-state index contributed by atoms with van der Waals surface area (Å²) in [6, 6.07) is 15.7. The van der Waals surface area contributed by atoms with Crippen LogP contribution in [0.1, 0.15) is 12.0 Å². The van der Waals surface area contributed by atoms with E-state index in [9.17, 15) is 0 Å². The summed E-state index contributed by atoms with van der Waals surface area (Å²) in [4.78, 5) is 14.0. The molecule has 0 aliphatic carbocycles. The Labute approximate surface area is 187 Å². The number of nitrogen functional groups attached to an aromatic ring is 1. The normalized spacial score (nSPS) is 11.1. The molecular weight excluding hydrogens is 404 g/mol. The third-order valence-corrected chi connectivity index (χ3v) is 5.23. The minimum absolute atomic E-state index is 0.569. The Morgan fingerprint density at radius 1 is 1.06 bits per heavy atom. The standard InChI is InChI=1S/C24H28N6O2/c1-31-14-6-13-30-22(18-8-5-9-19(25)15-18)28-20-16-27-24(29-23(20)30)26-12-11-17-7-3-4-10-21(17)32-2/h3-5,7-10,15-16H,6,11-14,25H2,1-2H3,(H,26,27,29). The number of nitrogens with zero attached hydrogens (tertiary/aromatic N) is 4. The Morgan fingerprint density at radius 3 is 2.75 bits per heavy atom. The molecule has 0 atom stereocenters. The van der Waals surface area contributed by atoms with Gasteiger partial charge in [0.2, 0.25) is 5.95 Å².